The average molecular weight is 225 g/mol. The lowest BCUT2D eigenvalue weighted by atomic mass is 10.2. The second-order valence-corrected chi connectivity index (χ2v) is 5.30. The van der Waals surface area contributed by atoms with Crippen LogP contribution in [0.3, 0.4) is 0 Å². The summed E-state index contributed by atoms with van der Waals surface area (Å²) in [6, 6.07) is 8.51. The van der Waals surface area contributed by atoms with Gasteiger partial charge in [0.1, 0.15) is 0 Å². The second-order valence-electron chi connectivity index (χ2n) is 3.65. The summed E-state index contributed by atoms with van der Waals surface area (Å²) in [6.07, 6.45) is 0. The zero-order valence-electron chi connectivity index (χ0n) is 9.40. The van der Waals surface area contributed by atoms with Crippen molar-refractivity contribution < 1.29 is 4.74 Å². The SMILES string of the molecule is CC(C)Sc1ccc(COCCN)cc1. The molecule has 0 heterocycles. The molecule has 0 fully saturated rings. The molecule has 0 radical (unpaired) electrons. The Bertz CT molecular complexity index is 271. The van der Waals surface area contributed by atoms with Gasteiger partial charge in [-0.25, -0.2) is 0 Å². The molecule has 0 unspecified atom stereocenters. The fourth-order valence-electron chi connectivity index (χ4n) is 1.21. The van der Waals surface area contributed by atoms with Gasteiger partial charge >= 0.3 is 0 Å². The molecule has 0 aliphatic carbocycles. The number of benzene rings is 1. The van der Waals surface area contributed by atoms with Crippen molar-refractivity contribution in [2.75, 3.05) is 13.2 Å². The molecule has 0 aliphatic heterocycles. The Morgan fingerprint density at radius 1 is 1.27 bits per heavy atom. The van der Waals surface area contributed by atoms with E-state index in [1.807, 2.05) is 11.8 Å². The molecule has 3 heteroatoms. The van der Waals surface area contributed by atoms with Crippen LogP contribution >= 0.6 is 11.8 Å². The topological polar surface area (TPSA) is 35.2 Å². The predicted molar refractivity (Wildman–Crippen MR) is 66.1 cm³/mol. The van der Waals surface area contributed by atoms with Crippen LogP contribution in [-0.4, -0.2) is 18.4 Å². The van der Waals surface area contributed by atoms with Crippen molar-refractivity contribution >= 4 is 11.8 Å². The van der Waals surface area contributed by atoms with Gasteiger partial charge in [0.15, 0.2) is 0 Å². The van der Waals surface area contributed by atoms with Crippen LogP contribution in [-0.2, 0) is 11.3 Å². The van der Waals surface area contributed by atoms with Crippen LogP contribution in [0.2, 0.25) is 0 Å². The van der Waals surface area contributed by atoms with Crippen LogP contribution in [0.25, 0.3) is 0 Å². The van der Waals surface area contributed by atoms with Crippen LogP contribution in [0, 0.1) is 0 Å². The van der Waals surface area contributed by atoms with Crippen LogP contribution in [0.4, 0.5) is 0 Å². The highest BCUT2D eigenvalue weighted by molar-refractivity contribution is 7.99. The first kappa shape index (κ1) is 12.6. The van der Waals surface area contributed by atoms with Gasteiger partial charge in [0, 0.05) is 16.7 Å². The van der Waals surface area contributed by atoms with E-state index in [-0.39, 0.29) is 0 Å². The van der Waals surface area contributed by atoms with E-state index in [1.54, 1.807) is 0 Å². The van der Waals surface area contributed by atoms with E-state index in [9.17, 15) is 0 Å². The van der Waals surface area contributed by atoms with Crippen LogP contribution in [0.5, 0.6) is 0 Å². The first-order valence-electron chi connectivity index (χ1n) is 5.26. The van der Waals surface area contributed by atoms with E-state index in [4.69, 9.17) is 10.5 Å². The molecule has 15 heavy (non-hydrogen) atoms. The molecule has 1 rings (SSSR count). The number of hydrogen-bond donors (Lipinski definition) is 1. The van der Waals surface area contributed by atoms with Crippen molar-refractivity contribution in [1.29, 1.82) is 0 Å². The number of hydrogen-bond acceptors (Lipinski definition) is 3. The Balaban J connectivity index is 2.42. The largest absolute Gasteiger partial charge is 0.375 e. The van der Waals surface area contributed by atoms with Gasteiger partial charge in [-0.15, -0.1) is 11.8 Å². The summed E-state index contributed by atoms with van der Waals surface area (Å²) in [5, 5.41) is 0.629. The average Bonchev–Trinajstić information content (AvgIpc) is 2.20. The Hall–Kier alpha value is -0.510. The molecule has 0 aliphatic rings. The second kappa shape index (κ2) is 6.88. The van der Waals surface area contributed by atoms with Gasteiger partial charge in [-0.05, 0) is 17.7 Å². The molecule has 1 aromatic carbocycles. The zero-order valence-corrected chi connectivity index (χ0v) is 10.2. The van der Waals surface area contributed by atoms with Gasteiger partial charge in [-0.1, -0.05) is 26.0 Å². The van der Waals surface area contributed by atoms with Gasteiger partial charge in [-0.3, -0.25) is 0 Å². The number of rotatable bonds is 6. The lowest BCUT2D eigenvalue weighted by Gasteiger charge is -2.06. The minimum absolute atomic E-state index is 0.585. The monoisotopic (exact) mass is 225 g/mol. The fraction of sp³-hybridized carbons (Fsp3) is 0.500. The zero-order chi connectivity index (χ0) is 11.1. The summed E-state index contributed by atoms with van der Waals surface area (Å²) in [5.74, 6) is 0. The maximum atomic E-state index is 5.36. The standard InChI is InChI=1S/C12H19NOS/c1-10(2)15-12-5-3-11(4-6-12)9-14-8-7-13/h3-6,10H,7-9,13H2,1-2H3. The molecule has 0 saturated carbocycles. The van der Waals surface area contributed by atoms with Crippen LogP contribution in [0.1, 0.15) is 19.4 Å². The van der Waals surface area contributed by atoms with Gasteiger partial charge in [-0.2, -0.15) is 0 Å². The van der Waals surface area contributed by atoms with E-state index < -0.39 is 0 Å². The van der Waals surface area contributed by atoms with E-state index in [0.717, 1.165) is 0 Å². The van der Waals surface area contributed by atoms with Gasteiger partial charge in [0.05, 0.1) is 13.2 Å². The number of thioether (sulfide) groups is 1. The van der Waals surface area contributed by atoms with E-state index in [2.05, 4.69) is 38.1 Å². The third kappa shape index (κ3) is 5.21. The Kier molecular flexibility index (Phi) is 5.76. The molecule has 0 spiro atoms. The third-order valence-electron chi connectivity index (χ3n) is 1.83. The molecule has 0 aromatic heterocycles. The molecular formula is C12H19NOS. The van der Waals surface area contributed by atoms with E-state index >= 15 is 0 Å². The Labute approximate surface area is 96.2 Å². The number of ether oxygens (including phenoxy) is 1. The summed E-state index contributed by atoms with van der Waals surface area (Å²) in [4.78, 5) is 1.31. The quantitative estimate of drug-likeness (QED) is 0.597. The number of nitrogens with two attached hydrogens (primary N) is 1. The highest BCUT2D eigenvalue weighted by atomic mass is 32.2. The summed E-state index contributed by atoms with van der Waals surface area (Å²) >= 11 is 1.87. The van der Waals surface area contributed by atoms with Gasteiger partial charge < -0.3 is 10.5 Å². The third-order valence-corrected chi connectivity index (χ3v) is 2.84. The Morgan fingerprint density at radius 2 is 1.93 bits per heavy atom. The minimum Gasteiger partial charge on any atom is -0.375 e. The van der Waals surface area contributed by atoms with Crippen molar-refractivity contribution in [3.05, 3.63) is 29.8 Å². The van der Waals surface area contributed by atoms with Crippen molar-refractivity contribution in [2.45, 2.75) is 30.6 Å². The molecule has 0 atom stereocenters. The van der Waals surface area contributed by atoms with Crippen LogP contribution in [0.15, 0.2) is 29.2 Å². The molecule has 2 N–H and O–H groups in total. The molecule has 0 saturated heterocycles. The van der Waals surface area contributed by atoms with Crippen molar-refractivity contribution in [3.8, 4) is 0 Å². The Morgan fingerprint density at radius 3 is 2.47 bits per heavy atom. The lowest BCUT2D eigenvalue weighted by Crippen LogP contribution is -2.08. The molecule has 0 bridgehead atoms. The highest BCUT2D eigenvalue weighted by Gasteiger charge is 1.98. The van der Waals surface area contributed by atoms with Gasteiger partial charge in [0.2, 0.25) is 0 Å². The van der Waals surface area contributed by atoms with Crippen LogP contribution < -0.4 is 5.73 Å². The van der Waals surface area contributed by atoms with Crippen molar-refractivity contribution in [1.82, 2.24) is 0 Å². The summed E-state index contributed by atoms with van der Waals surface area (Å²) in [7, 11) is 0. The molecule has 2 nitrogen and oxygen atoms in total. The minimum atomic E-state index is 0.585. The summed E-state index contributed by atoms with van der Waals surface area (Å²) < 4.78 is 5.36. The van der Waals surface area contributed by atoms with Crippen molar-refractivity contribution in [3.63, 3.8) is 0 Å². The molecule has 1 aromatic rings. The highest BCUT2D eigenvalue weighted by Crippen LogP contribution is 2.22. The molecule has 0 amide bonds. The molecule has 84 valence electrons. The maximum Gasteiger partial charge on any atom is 0.0717 e. The first-order chi connectivity index (χ1) is 7.22. The first-order valence-corrected chi connectivity index (χ1v) is 6.13. The van der Waals surface area contributed by atoms with Crippen molar-refractivity contribution in [2.24, 2.45) is 5.73 Å². The fourth-order valence-corrected chi connectivity index (χ4v) is 2.05. The summed E-state index contributed by atoms with van der Waals surface area (Å²) in [6.45, 7) is 6.26. The lowest BCUT2D eigenvalue weighted by molar-refractivity contribution is 0.128. The van der Waals surface area contributed by atoms with Gasteiger partial charge in [0.25, 0.3) is 0 Å². The molecular weight excluding hydrogens is 206 g/mol. The smallest absolute Gasteiger partial charge is 0.0717 e. The normalized spacial score (nSPS) is 10.9. The maximum absolute atomic E-state index is 5.36. The summed E-state index contributed by atoms with van der Waals surface area (Å²) in [5.41, 5.74) is 6.55. The van der Waals surface area contributed by atoms with E-state index in [1.165, 1.54) is 10.5 Å². The predicted octanol–water partition coefficient (Wildman–Crippen LogP) is 2.66. The van der Waals surface area contributed by atoms with E-state index in [0.29, 0.717) is 25.0 Å².